The first kappa shape index (κ1) is 7.28. The van der Waals surface area contributed by atoms with E-state index in [9.17, 15) is 0 Å². The normalized spacial score (nSPS) is 13.5. The van der Waals surface area contributed by atoms with Crippen molar-refractivity contribution in [1.29, 1.82) is 0 Å². The highest BCUT2D eigenvalue weighted by atomic mass is 15.3. The molecule has 0 bridgehead atoms. The molecule has 0 saturated carbocycles. The minimum absolute atomic E-state index is 0.0983. The van der Waals surface area contributed by atoms with Gasteiger partial charge >= 0.3 is 0 Å². The quantitative estimate of drug-likeness (QED) is 0.659. The Hall–Kier alpha value is -0.830. The second-order valence-electron chi connectivity index (χ2n) is 2.43. The van der Waals surface area contributed by atoms with Gasteiger partial charge in [0.15, 0.2) is 0 Å². The smallest absolute Gasteiger partial charge is 0.0791 e. The Bertz CT molecular complexity index is 204. The summed E-state index contributed by atoms with van der Waals surface area (Å²) in [6.45, 7) is 2.05. The fraction of sp³-hybridized carbons (Fsp3) is 0.571. The molecule has 10 heavy (non-hydrogen) atoms. The van der Waals surface area contributed by atoms with Crippen LogP contribution >= 0.6 is 0 Å². The minimum Gasteiger partial charge on any atom is -0.323 e. The lowest BCUT2D eigenvalue weighted by Gasteiger charge is -2.02. The van der Waals surface area contributed by atoms with Gasteiger partial charge < -0.3 is 5.73 Å². The fourth-order valence-electron chi connectivity index (χ4n) is 0.840. The molecule has 0 amide bonds. The van der Waals surface area contributed by atoms with E-state index in [0.717, 1.165) is 12.1 Å². The predicted molar refractivity (Wildman–Crippen MR) is 40.4 cm³/mol. The maximum absolute atomic E-state index is 5.73. The van der Waals surface area contributed by atoms with Gasteiger partial charge in [0.05, 0.1) is 5.69 Å². The molecule has 0 aliphatic rings. The summed E-state index contributed by atoms with van der Waals surface area (Å²) in [6.07, 6.45) is 2.85. The average Bonchev–Trinajstić information content (AvgIpc) is 2.34. The van der Waals surface area contributed by atoms with Crippen molar-refractivity contribution in [2.24, 2.45) is 12.8 Å². The van der Waals surface area contributed by atoms with E-state index in [1.54, 1.807) is 4.68 Å². The van der Waals surface area contributed by atoms with E-state index in [1.165, 1.54) is 0 Å². The van der Waals surface area contributed by atoms with Crippen LogP contribution in [0.1, 0.15) is 25.1 Å². The van der Waals surface area contributed by atoms with Gasteiger partial charge in [-0.3, -0.25) is 4.68 Å². The molecular weight excluding hydrogens is 126 g/mol. The standard InChI is InChI=1S/C7H13N3/c1-3-6(8)7-4-5-10(2)9-7/h4-6H,3,8H2,1-2H3/t6-/m1/s1. The highest BCUT2D eigenvalue weighted by Crippen LogP contribution is 2.08. The van der Waals surface area contributed by atoms with E-state index in [2.05, 4.69) is 12.0 Å². The Balaban J connectivity index is 2.74. The summed E-state index contributed by atoms with van der Waals surface area (Å²) in [5.74, 6) is 0. The van der Waals surface area contributed by atoms with Crippen molar-refractivity contribution >= 4 is 0 Å². The molecule has 0 unspecified atom stereocenters. The number of aromatic nitrogens is 2. The number of aryl methyl sites for hydroxylation is 1. The molecule has 0 radical (unpaired) electrons. The van der Waals surface area contributed by atoms with Crippen LogP contribution in [0.3, 0.4) is 0 Å². The highest BCUT2D eigenvalue weighted by Gasteiger charge is 2.04. The summed E-state index contributed by atoms with van der Waals surface area (Å²) in [6, 6.07) is 2.05. The van der Waals surface area contributed by atoms with Crippen LogP contribution < -0.4 is 5.73 Å². The molecule has 0 aliphatic carbocycles. The zero-order valence-electron chi connectivity index (χ0n) is 6.41. The molecule has 1 rings (SSSR count). The number of rotatable bonds is 2. The third-order valence-corrected chi connectivity index (χ3v) is 1.55. The molecule has 2 N–H and O–H groups in total. The molecule has 3 heteroatoms. The molecule has 1 aromatic heterocycles. The zero-order valence-corrected chi connectivity index (χ0v) is 6.41. The second kappa shape index (κ2) is 2.84. The van der Waals surface area contributed by atoms with Gasteiger partial charge in [-0.15, -0.1) is 0 Å². The molecule has 56 valence electrons. The Morgan fingerprint density at radius 2 is 2.50 bits per heavy atom. The van der Waals surface area contributed by atoms with Gasteiger partial charge in [-0.05, 0) is 12.5 Å². The predicted octanol–water partition coefficient (Wildman–Crippen LogP) is 0.830. The largest absolute Gasteiger partial charge is 0.323 e. The van der Waals surface area contributed by atoms with Crippen LogP contribution in [0.15, 0.2) is 12.3 Å². The molecule has 0 aromatic carbocycles. The SMILES string of the molecule is CC[C@@H](N)c1ccn(C)n1. The number of nitrogens with zero attached hydrogens (tertiary/aromatic N) is 2. The topological polar surface area (TPSA) is 43.8 Å². The van der Waals surface area contributed by atoms with E-state index in [-0.39, 0.29) is 6.04 Å². The lowest BCUT2D eigenvalue weighted by atomic mass is 10.2. The van der Waals surface area contributed by atoms with Crippen LogP contribution in [0.5, 0.6) is 0 Å². The lowest BCUT2D eigenvalue weighted by molar-refractivity contribution is 0.643. The number of hydrogen-bond donors (Lipinski definition) is 1. The molecule has 3 nitrogen and oxygen atoms in total. The Labute approximate surface area is 60.8 Å². The monoisotopic (exact) mass is 139 g/mol. The number of hydrogen-bond acceptors (Lipinski definition) is 2. The van der Waals surface area contributed by atoms with Crippen molar-refractivity contribution in [3.63, 3.8) is 0 Å². The van der Waals surface area contributed by atoms with E-state index in [4.69, 9.17) is 5.73 Å². The van der Waals surface area contributed by atoms with Crippen LogP contribution in [0, 0.1) is 0 Å². The van der Waals surface area contributed by atoms with Gasteiger partial charge in [-0.1, -0.05) is 6.92 Å². The third-order valence-electron chi connectivity index (χ3n) is 1.55. The Morgan fingerprint density at radius 3 is 2.90 bits per heavy atom. The first-order valence-corrected chi connectivity index (χ1v) is 3.49. The van der Waals surface area contributed by atoms with E-state index in [0.29, 0.717) is 0 Å². The van der Waals surface area contributed by atoms with Crippen molar-refractivity contribution in [2.75, 3.05) is 0 Å². The van der Waals surface area contributed by atoms with Crippen molar-refractivity contribution in [1.82, 2.24) is 9.78 Å². The van der Waals surface area contributed by atoms with Crippen molar-refractivity contribution in [2.45, 2.75) is 19.4 Å². The van der Waals surface area contributed by atoms with Gasteiger partial charge in [0.2, 0.25) is 0 Å². The van der Waals surface area contributed by atoms with Crippen LogP contribution in [0.25, 0.3) is 0 Å². The number of nitrogens with two attached hydrogens (primary N) is 1. The van der Waals surface area contributed by atoms with Crippen molar-refractivity contribution < 1.29 is 0 Å². The molecule has 0 spiro atoms. The Morgan fingerprint density at radius 1 is 1.80 bits per heavy atom. The first-order valence-electron chi connectivity index (χ1n) is 3.49. The molecular formula is C7H13N3. The summed E-state index contributed by atoms with van der Waals surface area (Å²) in [4.78, 5) is 0. The van der Waals surface area contributed by atoms with Gasteiger partial charge in [0.1, 0.15) is 0 Å². The maximum Gasteiger partial charge on any atom is 0.0791 e. The molecule has 0 saturated heterocycles. The summed E-state index contributed by atoms with van der Waals surface area (Å²) >= 11 is 0. The van der Waals surface area contributed by atoms with Crippen LogP contribution in [-0.4, -0.2) is 9.78 Å². The van der Waals surface area contributed by atoms with Crippen LogP contribution in [0.2, 0.25) is 0 Å². The average molecular weight is 139 g/mol. The summed E-state index contributed by atoms with van der Waals surface area (Å²) in [5.41, 5.74) is 6.71. The zero-order chi connectivity index (χ0) is 7.56. The van der Waals surface area contributed by atoms with Gasteiger partial charge in [-0.25, -0.2) is 0 Å². The maximum atomic E-state index is 5.73. The second-order valence-corrected chi connectivity index (χ2v) is 2.43. The molecule has 0 fully saturated rings. The molecule has 1 heterocycles. The van der Waals surface area contributed by atoms with Crippen LogP contribution in [0.4, 0.5) is 0 Å². The van der Waals surface area contributed by atoms with E-state index >= 15 is 0 Å². The van der Waals surface area contributed by atoms with E-state index in [1.807, 2.05) is 19.3 Å². The third kappa shape index (κ3) is 1.36. The molecule has 1 aromatic rings. The first-order chi connectivity index (χ1) is 4.74. The van der Waals surface area contributed by atoms with Crippen LogP contribution in [-0.2, 0) is 7.05 Å². The fourth-order valence-corrected chi connectivity index (χ4v) is 0.840. The lowest BCUT2D eigenvalue weighted by Crippen LogP contribution is -2.09. The Kier molecular flexibility index (Phi) is 2.06. The summed E-state index contributed by atoms with van der Waals surface area (Å²) in [5, 5.41) is 4.17. The highest BCUT2D eigenvalue weighted by molar-refractivity contribution is 5.03. The molecule has 1 atom stereocenters. The van der Waals surface area contributed by atoms with E-state index < -0.39 is 0 Å². The van der Waals surface area contributed by atoms with Gasteiger partial charge in [-0.2, -0.15) is 5.10 Å². The molecule has 0 aliphatic heterocycles. The van der Waals surface area contributed by atoms with Crippen molar-refractivity contribution in [3.05, 3.63) is 18.0 Å². The summed E-state index contributed by atoms with van der Waals surface area (Å²) < 4.78 is 1.77. The van der Waals surface area contributed by atoms with Gasteiger partial charge in [0, 0.05) is 19.3 Å². The van der Waals surface area contributed by atoms with Gasteiger partial charge in [0.25, 0.3) is 0 Å². The summed E-state index contributed by atoms with van der Waals surface area (Å²) in [7, 11) is 1.89. The van der Waals surface area contributed by atoms with Crippen molar-refractivity contribution in [3.8, 4) is 0 Å². The minimum atomic E-state index is 0.0983.